The predicted molar refractivity (Wildman–Crippen MR) is 45.6 cm³/mol. The number of hydrogen-bond donors (Lipinski definition) is 0. The Kier molecular flexibility index (Phi) is 5.34. The summed E-state index contributed by atoms with van der Waals surface area (Å²) in [6.45, 7) is 4.03. The highest BCUT2D eigenvalue weighted by Gasteiger charge is 2.19. The SMILES string of the molecule is COC(=O)[C@@H](CC=O)CC(C)C. The molecule has 0 radical (unpaired) electrons. The molecule has 0 rings (SSSR count). The summed E-state index contributed by atoms with van der Waals surface area (Å²) in [5.74, 6) is -0.127. The second-order valence-corrected chi connectivity index (χ2v) is 3.25. The van der Waals surface area contributed by atoms with E-state index in [-0.39, 0.29) is 18.3 Å². The lowest BCUT2D eigenvalue weighted by Crippen LogP contribution is -2.18. The standard InChI is InChI=1S/C9H16O3/c1-7(2)6-8(4-5-10)9(11)12-3/h5,7-8H,4,6H2,1-3H3/t8-/m0/s1. The van der Waals surface area contributed by atoms with Gasteiger partial charge in [-0.15, -0.1) is 0 Å². The van der Waals surface area contributed by atoms with E-state index >= 15 is 0 Å². The first-order valence-corrected chi connectivity index (χ1v) is 4.13. The monoisotopic (exact) mass is 172 g/mol. The lowest BCUT2D eigenvalue weighted by atomic mass is 9.95. The van der Waals surface area contributed by atoms with Crippen molar-refractivity contribution in [2.75, 3.05) is 7.11 Å². The van der Waals surface area contributed by atoms with Gasteiger partial charge in [-0.05, 0) is 12.3 Å². The molecule has 0 aliphatic carbocycles. The molecule has 0 bridgehead atoms. The molecular formula is C9H16O3. The van der Waals surface area contributed by atoms with Crippen LogP contribution in [0.4, 0.5) is 0 Å². The zero-order chi connectivity index (χ0) is 9.56. The predicted octanol–water partition coefficient (Wildman–Crippen LogP) is 1.41. The molecule has 1 atom stereocenters. The molecule has 0 aromatic rings. The van der Waals surface area contributed by atoms with Gasteiger partial charge in [0, 0.05) is 6.42 Å². The van der Waals surface area contributed by atoms with Crippen LogP contribution in [0.5, 0.6) is 0 Å². The van der Waals surface area contributed by atoms with Gasteiger partial charge in [-0.1, -0.05) is 13.8 Å². The molecule has 0 aliphatic heterocycles. The lowest BCUT2D eigenvalue weighted by molar-refractivity contribution is -0.147. The summed E-state index contributed by atoms with van der Waals surface area (Å²) in [5, 5.41) is 0. The van der Waals surface area contributed by atoms with Crippen LogP contribution in [0.3, 0.4) is 0 Å². The minimum atomic E-state index is -0.282. The zero-order valence-corrected chi connectivity index (χ0v) is 7.87. The molecule has 0 fully saturated rings. The Labute approximate surface area is 73.1 Å². The summed E-state index contributed by atoms with van der Waals surface area (Å²) in [6, 6.07) is 0. The van der Waals surface area contributed by atoms with Crippen LogP contribution in [0.15, 0.2) is 0 Å². The minimum Gasteiger partial charge on any atom is -0.469 e. The highest BCUT2D eigenvalue weighted by molar-refractivity contribution is 5.75. The zero-order valence-electron chi connectivity index (χ0n) is 7.87. The Morgan fingerprint density at radius 1 is 1.50 bits per heavy atom. The normalized spacial score (nSPS) is 12.7. The summed E-state index contributed by atoms with van der Waals surface area (Å²) in [7, 11) is 1.35. The molecular weight excluding hydrogens is 156 g/mol. The number of esters is 1. The van der Waals surface area contributed by atoms with Crippen LogP contribution in [-0.2, 0) is 14.3 Å². The third-order valence-corrected chi connectivity index (χ3v) is 1.67. The Balaban J connectivity index is 4.02. The van der Waals surface area contributed by atoms with Crippen LogP contribution in [0, 0.1) is 11.8 Å². The van der Waals surface area contributed by atoms with Crippen LogP contribution in [0.1, 0.15) is 26.7 Å². The molecule has 3 nitrogen and oxygen atoms in total. The van der Waals surface area contributed by atoms with Gasteiger partial charge < -0.3 is 9.53 Å². The molecule has 0 spiro atoms. The van der Waals surface area contributed by atoms with Gasteiger partial charge in [0.25, 0.3) is 0 Å². The second kappa shape index (κ2) is 5.75. The largest absolute Gasteiger partial charge is 0.469 e. The van der Waals surface area contributed by atoms with E-state index < -0.39 is 0 Å². The van der Waals surface area contributed by atoms with E-state index in [9.17, 15) is 9.59 Å². The molecule has 0 heterocycles. The number of rotatable bonds is 5. The quantitative estimate of drug-likeness (QED) is 0.465. The highest BCUT2D eigenvalue weighted by Crippen LogP contribution is 2.15. The molecule has 70 valence electrons. The van der Waals surface area contributed by atoms with E-state index in [1.165, 1.54) is 7.11 Å². The maximum Gasteiger partial charge on any atom is 0.309 e. The van der Waals surface area contributed by atoms with Crippen molar-refractivity contribution in [3.8, 4) is 0 Å². The molecule has 0 aromatic heterocycles. The first-order valence-electron chi connectivity index (χ1n) is 4.13. The van der Waals surface area contributed by atoms with Crippen LogP contribution in [0.25, 0.3) is 0 Å². The van der Waals surface area contributed by atoms with Gasteiger partial charge in [-0.3, -0.25) is 4.79 Å². The average molecular weight is 172 g/mol. The fraction of sp³-hybridized carbons (Fsp3) is 0.778. The van der Waals surface area contributed by atoms with Gasteiger partial charge >= 0.3 is 5.97 Å². The van der Waals surface area contributed by atoms with Gasteiger partial charge in [-0.2, -0.15) is 0 Å². The molecule has 0 N–H and O–H groups in total. The molecule has 0 aromatic carbocycles. The van der Waals surface area contributed by atoms with Crippen molar-refractivity contribution in [1.82, 2.24) is 0 Å². The topological polar surface area (TPSA) is 43.4 Å². The van der Waals surface area contributed by atoms with Crippen molar-refractivity contribution >= 4 is 12.3 Å². The number of ether oxygens (including phenoxy) is 1. The van der Waals surface area contributed by atoms with Crippen molar-refractivity contribution < 1.29 is 14.3 Å². The number of carbonyl (C=O) groups is 2. The smallest absolute Gasteiger partial charge is 0.309 e. The van der Waals surface area contributed by atoms with Crippen LogP contribution in [-0.4, -0.2) is 19.4 Å². The summed E-state index contributed by atoms with van der Waals surface area (Å²) >= 11 is 0. The molecule has 0 amide bonds. The van der Waals surface area contributed by atoms with Gasteiger partial charge in [0.2, 0.25) is 0 Å². The van der Waals surface area contributed by atoms with Gasteiger partial charge in [0.15, 0.2) is 0 Å². The third kappa shape index (κ3) is 4.11. The van der Waals surface area contributed by atoms with Gasteiger partial charge in [0.05, 0.1) is 13.0 Å². The molecule has 0 saturated heterocycles. The second-order valence-electron chi connectivity index (χ2n) is 3.25. The fourth-order valence-electron chi connectivity index (χ4n) is 1.14. The van der Waals surface area contributed by atoms with Crippen LogP contribution >= 0.6 is 0 Å². The van der Waals surface area contributed by atoms with Crippen molar-refractivity contribution in [2.24, 2.45) is 11.8 Å². The Hall–Kier alpha value is -0.860. The Bertz CT molecular complexity index is 152. The van der Waals surface area contributed by atoms with E-state index in [0.29, 0.717) is 12.3 Å². The summed E-state index contributed by atoms with van der Waals surface area (Å²) in [6.07, 6.45) is 1.75. The molecule has 0 saturated carbocycles. The number of carbonyl (C=O) groups excluding carboxylic acids is 2. The van der Waals surface area contributed by atoms with E-state index in [0.717, 1.165) is 6.29 Å². The molecule has 0 unspecified atom stereocenters. The van der Waals surface area contributed by atoms with Crippen molar-refractivity contribution in [3.05, 3.63) is 0 Å². The Morgan fingerprint density at radius 2 is 2.08 bits per heavy atom. The van der Waals surface area contributed by atoms with Gasteiger partial charge in [-0.25, -0.2) is 0 Å². The third-order valence-electron chi connectivity index (χ3n) is 1.67. The van der Waals surface area contributed by atoms with Gasteiger partial charge in [0.1, 0.15) is 6.29 Å². The van der Waals surface area contributed by atoms with E-state index in [2.05, 4.69) is 4.74 Å². The number of hydrogen-bond acceptors (Lipinski definition) is 3. The summed E-state index contributed by atoms with van der Waals surface area (Å²) in [4.78, 5) is 21.3. The van der Waals surface area contributed by atoms with E-state index in [4.69, 9.17) is 0 Å². The van der Waals surface area contributed by atoms with E-state index in [1.54, 1.807) is 0 Å². The van der Waals surface area contributed by atoms with E-state index in [1.807, 2.05) is 13.8 Å². The van der Waals surface area contributed by atoms with Crippen molar-refractivity contribution in [1.29, 1.82) is 0 Å². The summed E-state index contributed by atoms with van der Waals surface area (Å²) in [5.41, 5.74) is 0. The van der Waals surface area contributed by atoms with Crippen LogP contribution in [0.2, 0.25) is 0 Å². The van der Waals surface area contributed by atoms with Crippen molar-refractivity contribution in [2.45, 2.75) is 26.7 Å². The average Bonchev–Trinajstić information content (AvgIpc) is 2.01. The maximum absolute atomic E-state index is 11.1. The van der Waals surface area contributed by atoms with Crippen molar-refractivity contribution in [3.63, 3.8) is 0 Å². The summed E-state index contributed by atoms with van der Waals surface area (Å²) < 4.78 is 4.57. The molecule has 12 heavy (non-hydrogen) atoms. The lowest BCUT2D eigenvalue weighted by Gasteiger charge is -2.13. The Morgan fingerprint density at radius 3 is 2.42 bits per heavy atom. The first kappa shape index (κ1) is 11.1. The first-order chi connectivity index (χ1) is 5.61. The molecule has 3 heteroatoms. The number of methoxy groups -OCH3 is 1. The minimum absolute atomic E-state index is 0.257. The van der Waals surface area contributed by atoms with Crippen LogP contribution < -0.4 is 0 Å². The molecule has 0 aliphatic rings. The fourth-order valence-corrected chi connectivity index (χ4v) is 1.14. The maximum atomic E-state index is 11.1. The highest BCUT2D eigenvalue weighted by atomic mass is 16.5. The number of aldehydes is 1.